The molecule has 0 bridgehead atoms. The summed E-state index contributed by atoms with van der Waals surface area (Å²) in [5.74, 6) is 0.373. The minimum atomic E-state index is -0.378. The minimum Gasteiger partial charge on any atom is -0.497 e. The number of hydrogen-bond donors (Lipinski definition) is 1. The third-order valence-electron chi connectivity index (χ3n) is 5.84. The van der Waals surface area contributed by atoms with Crippen LogP contribution in [0.1, 0.15) is 34.7 Å². The van der Waals surface area contributed by atoms with Gasteiger partial charge in [-0.1, -0.05) is 12.1 Å². The van der Waals surface area contributed by atoms with Gasteiger partial charge in [-0.25, -0.2) is 4.39 Å². The van der Waals surface area contributed by atoms with Gasteiger partial charge in [-0.15, -0.1) is 0 Å². The van der Waals surface area contributed by atoms with Gasteiger partial charge in [0.25, 0.3) is 5.91 Å². The molecular formula is C23H25FN2O3. The summed E-state index contributed by atoms with van der Waals surface area (Å²) < 4.78 is 18.4. The number of benzene rings is 2. The van der Waals surface area contributed by atoms with Gasteiger partial charge in [0.05, 0.1) is 13.0 Å². The smallest absolute Gasteiger partial charge is 0.253 e. The lowest BCUT2D eigenvalue weighted by Gasteiger charge is -2.18. The van der Waals surface area contributed by atoms with Crippen LogP contribution in [0.4, 0.5) is 4.39 Å². The predicted molar refractivity (Wildman–Crippen MR) is 107 cm³/mol. The first-order valence-corrected chi connectivity index (χ1v) is 10.0. The number of nitrogens with zero attached hydrogens (tertiary/aromatic N) is 1. The lowest BCUT2D eigenvalue weighted by molar-refractivity contribution is -0.125. The fraction of sp³-hybridized carbons (Fsp3) is 0.391. The van der Waals surface area contributed by atoms with Gasteiger partial charge in [0.1, 0.15) is 11.6 Å². The number of ether oxygens (including phenoxy) is 1. The van der Waals surface area contributed by atoms with Crippen molar-refractivity contribution < 1.29 is 18.7 Å². The van der Waals surface area contributed by atoms with E-state index in [0.717, 1.165) is 11.3 Å². The molecule has 152 valence electrons. The number of halogens is 1. The van der Waals surface area contributed by atoms with Gasteiger partial charge in [0, 0.05) is 31.1 Å². The normalized spacial score (nSPS) is 21.1. The third kappa shape index (κ3) is 4.42. The highest BCUT2D eigenvalue weighted by molar-refractivity contribution is 5.95. The van der Waals surface area contributed by atoms with E-state index in [-0.39, 0.29) is 29.5 Å². The minimum absolute atomic E-state index is 0.00729. The first-order chi connectivity index (χ1) is 14.0. The van der Waals surface area contributed by atoms with E-state index in [2.05, 4.69) is 5.32 Å². The Morgan fingerprint density at radius 1 is 1.07 bits per heavy atom. The molecule has 2 atom stereocenters. The van der Waals surface area contributed by atoms with Gasteiger partial charge in [0.15, 0.2) is 0 Å². The molecule has 1 saturated carbocycles. The van der Waals surface area contributed by atoms with E-state index in [1.165, 1.54) is 37.1 Å². The Hall–Kier alpha value is -2.89. The summed E-state index contributed by atoms with van der Waals surface area (Å²) in [5, 5.41) is 3.06. The van der Waals surface area contributed by atoms with Crippen LogP contribution in [0.3, 0.4) is 0 Å². The van der Waals surface area contributed by atoms with Gasteiger partial charge in [-0.3, -0.25) is 9.59 Å². The molecule has 2 amide bonds. The van der Waals surface area contributed by atoms with Crippen molar-refractivity contribution in [1.82, 2.24) is 10.2 Å². The summed E-state index contributed by atoms with van der Waals surface area (Å²) in [6.45, 7) is 1.50. The van der Waals surface area contributed by atoms with Crippen LogP contribution in [0.2, 0.25) is 0 Å². The topological polar surface area (TPSA) is 58.6 Å². The SMILES string of the molecule is COc1ccc(C2CN(C(=O)c3ccc(F)cc3)CC2C(=O)NCC2CC2)cc1. The Morgan fingerprint density at radius 2 is 1.76 bits per heavy atom. The van der Waals surface area contributed by atoms with E-state index < -0.39 is 0 Å². The molecule has 5 nitrogen and oxygen atoms in total. The standard InChI is InChI=1S/C23H25FN2O3/c1-29-19-10-6-16(7-11-19)20-13-26(23(28)17-4-8-18(24)9-5-17)14-21(20)22(27)25-12-15-2-3-15/h4-11,15,20-21H,2-3,12-14H2,1H3,(H,25,27). The van der Waals surface area contributed by atoms with Crippen LogP contribution in [-0.2, 0) is 4.79 Å². The Balaban J connectivity index is 1.54. The molecule has 2 fully saturated rings. The van der Waals surface area contributed by atoms with Crippen LogP contribution < -0.4 is 10.1 Å². The molecule has 4 rings (SSSR count). The maximum Gasteiger partial charge on any atom is 0.253 e. The number of hydrogen-bond acceptors (Lipinski definition) is 3. The summed E-state index contributed by atoms with van der Waals surface area (Å²) in [5.41, 5.74) is 1.44. The monoisotopic (exact) mass is 396 g/mol. The summed E-state index contributed by atoms with van der Waals surface area (Å²) >= 11 is 0. The van der Waals surface area contributed by atoms with Gasteiger partial charge in [-0.2, -0.15) is 0 Å². The van der Waals surface area contributed by atoms with Crippen molar-refractivity contribution in [3.05, 3.63) is 65.5 Å². The number of methoxy groups -OCH3 is 1. The molecular weight excluding hydrogens is 371 g/mol. The second kappa shape index (κ2) is 8.23. The molecule has 1 saturated heterocycles. The summed E-state index contributed by atoms with van der Waals surface area (Å²) in [4.78, 5) is 27.5. The van der Waals surface area contributed by atoms with Gasteiger partial charge in [0.2, 0.25) is 5.91 Å². The maximum atomic E-state index is 13.2. The van der Waals surface area contributed by atoms with Crippen molar-refractivity contribution in [3.63, 3.8) is 0 Å². The third-order valence-corrected chi connectivity index (χ3v) is 5.84. The Bertz CT molecular complexity index is 878. The van der Waals surface area contributed by atoms with E-state index in [1.807, 2.05) is 24.3 Å². The van der Waals surface area contributed by atoms with Crippen LogP contribution in [0.25, 0.3) is 0 Å². The highest BCUT2D eigenvalue weighted by atomic mass is 19.1. The molecule has 29 heavy (non-hydrogen) atoms. The Labute approximate surface area is 169 Å². The highest BCUT2D eigenvalue weighted by Gasteiger charge is 2.41. The highest BCUT2D eigenvalue weighted by Crippen LogP contribution is 2.35. The van der Waals surface area contributed by atoms with E-state index in [4.69, 9.17) is 4.74 Å². The summed E-state index contributed by atoms with van der Waals surface area (Å²) in [7, 11) is 1.61. The lowest BCUT2D eigenvalue weighted by atomic mass is 9.88. The van der Waals surface area contributed by atoms with Crippen molar-refractivity contribution >= 4 is 11.8 Å². The second-order valence-corrected chi connectivity index (χ2v) is 7.89. The van der Waals surface area contributed by atoms with Crippen LogP contribution in [-0.4, -0.2) is 43.5 Å². The van der Waals surface area contributed by atoms with Crippen LogP contribution >= 0.6 is 0 Å². The molecule has 0 spiro atoms. The van der Waals surface area contributed by atoms with E-state index in [0.29, 0.717) is 31.1 Å². The van der Waals surface area contributed by atoms with Crippen molar-refractivity contribution in [2.75, 3.05) is 26.7 Å². The maximum absolute atomic E-state index is 13.2. The predicted octanol–water partition coefficient (Wildman–Crippen LogP) is 3.22. The molecule has 2 aliphatic rings. The van der Waals surface area contributed by atoms with Gasteiger partial charge < -0.3 is 15.0 Å². The van der Waals surface area contributed by atoms with Crippen LogP contribution in [0.5, 0.6) is 5.75 Å². The largest absolute Gasteiger partial charge is 0.497 e. The van der Waals surface area contributed by atoms with Crippen molar-refractivity contribution in [2.45, 2.75) is 18.8 Å². The Morgan fingerprint density at radius 3 is 2.38 bits per heavy atom. The van der Waals surface area contributed by atoms with Crippen LogP contribution in [0, 0.1) is 17.7 Å². The molecule has 2 aromatic carbocycles. The zero-order chi connectivity index (χ0) is 20.4. The van der Waals surface area contributed by atoms with Crippen molar-refractivity contribution in [1.29, 1.82) is 0 Å². The van der Waals surface area contributed by atoms with E-state index >= 15 is 0 Å². The molecule has 1 aliphatic heterocycles. The molecule has 0 aromatic heterocycles. The number of carbonyl (C=O) groups excluding carboxylic acids is 2. The molecule has 2 aromatic rings. The van der Waals surface area contributed by atoms with Gasteiger partial charge in [-0.05, 0) is 60.7 Å². The lowest BCUT2D eigenvalue weighted by Crippen LogP contribution is -2.36. The molecule has 1 heterocycles. The van der Waals surface area contributed by atoms with Gasteiger partial charge >= 0.3 is 0 Å². The molecule has 2 unspecified atom stereocenters. The van der Waals surface area contributed by atoms with E-state index in [9.17, 15) is 14.0 Å². The van der Waals surface area contributed by atoms with Crippen molar-refractivity contribution in [3.8, 4) is 5.75 Å². The summed E-state index contributed by atoms with van der Waals surface area (Å²) in [6, 6.07) is 13.2. The average Bonchev–Trinajstić information content (AvgIpc) is 3.48. The Kier molecular flexibility index (Phi) is 5.51. The number of rotatable bonds is 6. The van der Waals surface area contributed by atoms with Crippen molar-refractivity contribution in [2.24, 2.45) is 11.8 Å². The average molecular weight is 396 g/mol. The number of nitrogens with one attached hydrogen (secondary N) is 1. The number of amides is 2. The fourth-order valence-electron chi connectivity index (χ4n) is 3.90. The molecule has 0 radical (unpaired) electrons. The quantitative estimate of drug-likeness (QED) is 0.816. The first kappa shape index (κ1) is 19.4. The second-order valence-electron chi connectivity index (χ2n) is 7.89. The number of likely N-dealkylation sites (tertiary alicyclic amines) is 1. The molecule has 6 heteroatoms. The van der Waals surface area contributed by atoms with E-state index in [1.54, 1.807) is 12.0 Å². The number of carbonyl (C=O) groups is 2. The molecule has 1 N–H and O–H groups in total. The van der Waals surface area contributed by atoms with Crippen LogP contribution in [0.15, 0.2) is 48.5 Å². The zero-order valence-corrected chi connectivity index (χ0v) is 16.4. The zero-order valence-electron chi connectivity index (χ0n) is 16.4. The molecule has 1 aliphatic carbocycles. The first-order valence-electron chi connectivity index (χ1n) is 10.0. The fourth-order valence-corrected chi connectivity index (χ4v) is 3.90. The summed E-state index contributed by atoms with van der Waals surface area (Å²) in [6.07, 6.45) is 2.34.